The quantitative estimate of drug-likeness (QED) is 0.784. The molecule has 6 nitrogen and oxygen atoms in total. The van der Waals surface area contributed by atoms with Gasteiger partial charge in [-0.1, -0.05) is 6.42 Å². The Bertz CT molecular complexity index is 738. The van der Waals surface area contributed by atoms with E-state index >= 15 is 0 Å². The van der Waals surface area contributed by atoms with Crippen molar-refractivity contribution >= 4 is 29.1 Å². The van der Waals surface area contributed by atoms with Crippen molar-refractivity contribution in [1.29, 1.82) is 0 Å². The van der Waals surface area contributed by atoms with Crippen LogP contribution in [0.15, 0.2) is 42.6 Å². The Balaban J connectivity index is 1.57. The molecule has 0 spiro atoms. The average molecular weight is 339 g/mol. The van der Waals surface area contributed by atoms with Gasteiger partial charge in [0.2, 0.25) is 5.91 Å². The van der Waals surface area contributed by atoms with Crippen molar-refractivity contribution < 1.29 is 14.3 Å². The summed E-state index contributed by atoms with van der Waals surface area (Å²) in [6.07, 6.45) is 4.71. The van der Waals surface area contributed by atoms with E-state index < -0.39 is 0 Å². The van der Waals surface area contributed by atoms with Gasteiger partial charge in [0, 0.05) is 11.6 Å². The zero-order chi connectivity index (χ0) is 17.6. The molecule has 0 radical (unpaired) electrons. The molecule has 0 bridgehead atoms. The summed E-state index contributed by atoms with van der Waals surface area (Å²) in [4.78, 5) is 27.8. The van der Waals surface area contributed by atoms with Crippen molar-refractivity contribution in [2.45, 2.75) is 26.2 Å². The third-order valence-electron chi connectivity index (χ3n) is 4.18. The molecule has 1 aliphatic carbocycles. The molecule has 25 heavy (non-hydrogen) atoms. The van der Waals surface area contributed by atoms with Crippen molar-refractivity contribution in [2.75, 3.05) is 17.2 Å². The molecule has 1 heterocycles. The number of ether oxygens (including phenoxy) is 1. The highest BCUT2D eigenvalue weighted by Gasteiger charge is 2.25. The Labute approximate surface area is 146 Å². The second-order valence-corrected chi connectivity index (χ2v) is 5.97. The van der Waals surface area contributed by atoms with Crippen LogP contribution in [-0.4, -0.2) is 23.5 Å². The van der Waals surface area contributed by atoms with Crippen molar-refractivity contribution in [2.24, 2.45) is 5.92 Å². The van der Waals surface area contributed by atoms with E-state index in [1.807, 2.05) is 6.07 Å². The number of hydrogen-bond donors (Lipinski definition) is 2. The van der Waals surface area contributed by atoms with E-state index in [0.717, 1.165) is 24.9 Å². The van der Waals surface area contributed by atoms with Crippen LogP contribution in [0.25, 0.3) is 0 Å². The van der Waals surface area contributed by atoms with Crippen molar-refractivity contribution in [1.82, 2.24) is 4.98 Å². The second-order valence-electron chi connectivity index (χ2n) is 5.97. The fourth-order valence-electron chi connectivity index (χ4n) is 2.51. The molecule has 1 aromatic carbocycles. The predicted octanol–water partition coefficient (Wildman–Crippen LogP) is 3.74. The highest BCUT2D eigenvalue weighted by atomic mass is 16.5. The second kappa shape index (κ2) is 7.79. The highest BCUT2D eigenvalue weighted by Crippen LogP contribution is 2.27. The van der Waals surface area contributed by atoms with Crippen LogP contribution in [0.1, 0.15) is 36.5 Å². The van der Waals surface area contributed by atoms with E-state index in [-0.39, 0.29) is 17.8 Å². The molecule has 0 aliphatic heterocycles. The molecule has 1 fully saturated rings. The Morgan fingerprint density at radius 3 is 2.40 bits per heavy atom. The number of hydrogen-bond acceptors (Lipinski definition) is 5. The lowest BCUT2D eigenvalue weighted by Gasteiger charge is -2.23. The molecule has 6 heteroatoms. The number of carbonyl (C=O) groups excluding carboxylic acids is 2. The van der Waals surface area contributed by atoms with Crippen LogP contribution in [-0.2, 0) is 9.53 Å². The van der Waals surface area contributed by atoms with Crippen molar-refractivity contribution in [3.8, 4) is 0 Å². The van der Waals surface area contributed by atoms with Crippen molar-refractivity contribution in [3.63, 3.8) is 0 Å². The van der Waals surface area contributed by atoms with Gasteiger partial charge in [-0.05, 0) is 56.2 Å². The maximum absolute atomic E-state index is 11.9. The maximum atomic E-state index is 11.9. The molecule has 2 N–H and O–H groups in total. The van der Waals surface area contributed by atoms with E-state index in [2.05, 4.69) is 15.6 Å². The summed E-state index contributed by atoms with van der Waals surface area (Å²) in [7, 11) is 0. The molecule has 1 aromatic heterocycles. The number of nitrogens with one attached hydrogen (secondary N) is 2. The van der Waals surface area contributed by atoms with E-state index in [9.17, 15) is 9.59 Å². The molecular weight excluding hydrogens is 318 g/mol. The smallest absolute Gasteiger partial charge is 0.338 e. The van der Waals surface area contributed by atoms with Gasteiger partial charge >= 0.3 is 5.97 Å². The van der Waals surface area contributed by atoms with E-state index in [1.165, 1.54) is 0 Å². The lowest BCUT2D eigenvalue weighted by Crippen LogP contribution is -2.28. The minimum atomic E-state index is -0.335. The monoisotopic (exact) mass is 339 g/mol. The number of pyridine rings is 1. The highest BCUT2D eigenvalue weighted by molar-refractivity contribution is 5.93. The minimum absolute atomic E-state index is 0.0725. The van der Waals surface area contributed by atoms with Crippen LogP contribution in [0, 0.1) is 5.92 Å². The maximum Gasteiger partial charge on any atom is 0.338 e. The van der Waals surface area contributed by atoms with Gasteiger partial charge < -0.3 is 15.4 Å². The molecule has 130 valence electrons. The van der Waals surface area contributed by atoms with Crippen LogP contribution in [0.2, 0.25) is 0 Å². The van der Waals surface area contributed by atoms with E-state index in [1.54, 1.807) is 43.5 Å². The number of esters is 1. The zero-order valence-corrected chi connectivity index (χ0v) is 14.1. The Morgan fingerprint density at radius 2 is 1.84 bits per heavy atom. The lowest BCUT2D eigenvalue weighted by atomic mass is 9.85. The number of rotatable bonds is 6. The number of nitrogens with zero attached hydrogens (tertiary/aromatic N) is 1. The number of benzene rings is 1. The summed E-state index contributed by atoms with van der Waals surface area (Å²) in [6.45, 7) is 2.13. The van der Waals surface area contributed by atoms with Gasteiger partial charge in [0.15, 0.2) is 0 Å². The van der Waals surface area contributed by atoms with Gasteiger partial charge in [-0.25, -0.2) is 9.78 Å². The van der Waals surface area contributed by atoms with Gasteiger partial charge in [0.1, 0.15) is 5.82 Å². The van der Waals surface area contributed by atoms with E-state index in [0.29, 0.717) is 23.7 Å². The van der Waals surface area contributed by atoms with E-state index in [4.69, 9.17) is 4.74 Å². The minimum Gasteiger partial charge on any atom is -0.462 e. The first-order chi connectivity index (χ1) is 12.2. The number of aromatic nitrogens is 1. The molecule has 3 rings (SSSR count). The van der Waals surface area contributed by atoms with Crippen LogP contribution in [0.3, 0.4) is 0 Å². The van der Waals surface area contributed by atoms with Gasteiger partial charge in [-0.3, -0.25) is 4.79 Å². The Morgan fingerprint density at radius 1 is 1.12 bits per heavy atom. The van der Waals surface area contributed by atoms with Gasteiger partial charge in [0.05, 0.1) is 24.1 Å². The van der Waals surface area contributed by atoms with Crippen LogP contribution in [0.5, 0.6) is 0 Å². The number of carbonyl (C=O) groups is 2. The van der Waals surface area contributed by atoms with Gasteiger partial charge in [-0.15, -0.1) is 0 Å². The molecular formula is C19H21N3O3. The third kappa shape index (κ3) is 4.35. The summed E-state index contributed by atoms with van der Waals surface area (Å²) in [5, 5.41) is 6.04. The largest absolute Gasteiger partial charge is 0.462 e. The number of anilines is 3. The topological polar surface area (TPSA) is 80.3 Å². The lowest BCUT2D eigenvalue weighted by molar-refractivity contribution is -0.122. The first kappa shape index (κ1) is 17.0. The molecule has 0 atom stereocenters. The van der Waals surface area contributed by atoms with Crippen LogP contribution < -0.4 is 10.6 Å². The zero-order valence-electron chi connectivity index (χ0n) is 14.1. The normalized spacial score (nSPS) is 13.6. The molecule has 1 aliphatic rings. The fraction of sp³-hybridized carbons (Fsp3) is 0.316. The molecule has 0 saturated heterocycles. The summed E-state index contributed by atoms with van der Waals surface area (Å²) >= 11 is 0. The first-order valence-corrected chi connectivity index (χ1v) is 8.47. The molecule has 0 unspecified atom stereocenters. The van der Waals surface area contributed by atoms with Crippen molar-refractivity contribution in [3.05, 3.63) is 48.2 Å². The fourth-order valence-corrected chi connectivity index (χ4v) is 2.51. The Kier molecular flexibility index (Phi) is 5.28. The average Bonchev–Trinajstić information content (AvgIpc) is 2.56. The standard InChI is InChI=1S/C19H21N3O3/c1-2-25-19(24)14-6-8-15(9-7-14)21-17-11-10-16(12-20-17)22-18(23)13-4-3-5-13/h6-13H,2-5H2,1H3,(H,20,21)(H,22,23). The third-order valence-corrected chi connectivity index (χ3v) is 4.18. The number of amides is 1. The summed E-state index contributed by atoms with van der Waals surface area (Å²) in [5.74, 6) is 0.545. The SMILES string of the molecule is CCOC(=O)c1ccc(Nc2ccc(NC(=O)C3CCC3)cn2)cc1. The molecule has 1 amide bonds. The Hall–Kier alpha value is -2.89. The van der Waals surface area contributed by atoms with Gasteiger partial charge in [-0.2, -0.15) is 0 Å². The van der Waals surface area contributed by atoms with Gasteiger partial charge in [0.25, 0.3) is 0 Å². The molecule has 2 aromatic rings. The van der Waals surface area contributed by atoms with Crippen LogP contribution in [0.4, 0.5) is 17.2 Å². The summed E-state index contributed by atoms with van der Waals surface area (Å²) < 4.78 is 4.95. The summed E-state index contributed by atoms with van der Waals surface area (Å²) in [5.41, 5.74) is 2.02. The summed E-state index contributed by atoms with van der Waals surface area (Å²) in [6, 6.07) is 10.6. The van der Waals surface area contributed by atoms with Crippen LogP contribution >= 0.6 is 0 Å². The molecule has 1 saturated carbocycles. The predicted molar refractivity (Wildman–Crippen MR) is 95.9 cm³/mol. The first-order valence-electron chi connectivity index (χ1n) is 8.47.